The fraction of sp³-hybridized carbons (Fsp3) is 0.923. The lowest BCUT2D eigenvalue weighted by Crippen LogP contribution is -2.42. The van der Waals surface area contributed by atoms with E-state index in [1.165, 1.54) is 0 Å². The van der Waals surface area contributed by atoms with Crippen LogP contribution in [0.4, 0.5) is 0 Å². The van der Waals surface area contributed by atoms with Gasteiger partial charge in [-0.2, -0.15) is 0 Å². The summed E-state index contributed by atoms with van der Waals surface area (Å²) in [6, 6.07) is 0.237. The van der Waals surface area contributed by atoms with Crippen LogP contribution in [0.3, 0.4) is 0 Å². The number of nitrogens with two attached hydrogens (primary N) is 1. The van der Waals surface area contributed by atoms with Crippen LogP contribution < -0.4 is 5.73 Å². The second-order valence-corrected chi connectivity index (χ2v) is 5.39. The number of hydrogen-bond donors (Lipinski definition) is 1. The van der Waals surface area contributed by atoms with Crippen molar-refractivity contribution in [1.82, 2.24) is 4.90 Å². The zero-order valence-electron chi connectivity index (χ0n) is 10.9. The highest BCUT2D eigenvalue weighted by Crippen LogP contribution is 2.25. The van der Waals surface area contributed by atoms with Gasteiger partial charge in [0, 0.05) is 25.0 Å². The predicted molar refractivity (Wildman–Crippen MR) is 67.0 cm³/mol. The average Bonchev–Trinajstić information content (AvgIpc) is 2.24. The molecule has 0 aromatic carbocycles. The van der Waals surface area contributed by atoms with Crippen LogP contribution in [0.15, 0.2) is 0 Å². The SMILES string of the molecule is CCN(CC(C)C)C(=O)C1CCCC(N)C1. The Bertz CT molecular complexity index is 222. The minimum Gasteiger partial charge on any atom is -0.342 e. The number of amides is 1. The van der Waals surface area contributed by atoms with Crippen molar-refractivity contribution in [3.63, 3.8) is 0 Å². The summed E-state index contributed by atoms with van der Waals surface area (Å²) in [5, 5.41) is 0. The quantitative estimate of drug-likeness (QED) is 0.797. The van der Waals surface area contributed by atoms with E-state index in [-0.39, 0.29) is 12.0 Å². The third kappa shape index (κ3) is 3.78. The number of rotatable bonds is 4. The molecule has 0 aromatic heterocycles. The van der Waals surface area contributed by atoms with Gasteiger partial charge in [-0.15, -0.1) is 0 Å². The van der Waals surface area contributed by atoms with Crippen LogP contribution in [0.25, 0.3) is 0 Å². The van der Waals surface area contributed by atoms with E-state index in [0.29, 0.717) is 11.8 Å². The van der Waals surface area contributed by atoms with Crippen LogP contribution >= 0.6 is 0 Å². The Morgan fingerprint density at radius 2 is 2.12 bits per heavy atom. The smallest absolute Gasteiger partial charge is 0.225 e. The summed E-state index contributed by atoms with van der Waals surface area (Å²) in [5.41, 5.74) is 5.94. The van der Waals surface area contributed by atoms with E-state index in [2.05, 4.69) is 20.8 Å². The van der Waals surface area contributed by atoms with E-state index in [1.807, 2.05) is 4.90 Å². The average molecular weight is 226 g/mol. The largest absolute Gasteiger partial charge is 0.342 e. The maximum atomic E-state index is 12.3. The van der Waals surface area contributed by atoms with Crippen LogP contribution in [0.1, 0.15) is 46.5 Å². The molecule has 0 radical (unpaired) electrons. The summed E-state index contributed by atoms with van der Waals surface area (Å²) < 4.78 is 0. The maximum Gasteiger partial charge on any atom is 0.225 e. The van der Waals surface area contributed by atoms with Crippen molar-refractivity contribution in [2.75, 3.05) is 13.1 Å². The molecule has 1 aliphatic rings. The fourth-order valence-corrected chi connectivity index (χ4v) is 2.53. The van der Waals surface area contributed by atoms with Crippen LogP contribution in [0.2, 0.25) is 0 Å². The molecule has 94 valence electrons. The first-order chi connectivity index (χ1) is 7.54. The first kappa shape index (κ1) is 13.5. The number of hydrogen-bond acceptors (Lipinski definition) is 2. The molecule has 16 heavy (non-hydrogen) atoms. The molecular weight excluding hydrogens is 200 g/mol. The monoisotopic (exact) mass is 226 g/mol. The van der Waals surface area contributed by atoms with Gasteiger partial charge in [0.2, 0.25) is 5.91 Å². The van der Waals surface area contributed by atoms with E-state index in [1.54, 1.807) is 0 Å². The number of carbonyl (C=O) groups is 1. The lowest BCUT2D eigenvalue weighted by Gasteiger charge is -2.31. The molecule has 0 aliphatic heterocycles. The molecule has 3 heteroatoms. The molecule has 0 aromatic rings. The minimum absolute atomic E-state index is 0.183. The highest BCUT2D eigenvalue weighted by Gasteiger charge is 2.28. The van der Waals surface area contributed by atoms with Gasteiger partial charge in [-0.25, -0.2) is 0 Å². The van der Waals surface area contributed by atoms with Crippen molar-refractivity contribution < 1.29 is 4.79 Å². The van der Waals surface area contributed by atoms with E-state index in [4.69, 9.17) is 5.73 Å². The van der Waals surface area contributed by atoms with Crippen LogP contribution in [-0.4, -0.2) is 29.9 Å². The number of nitrogens with zero attached hydrogens (tertiary/aromatic N) is 1. The molecule has 2 atom stereocenters. The molecule has 1 rings (SSSR count). The Kier molecular flexibility index (Phi) is 5.26. The third-order valence-electron chi connectivity index (χ3n) is 3.34. The van der Waals surface area contributed by atoms with Gasteiger partial charge in [-0.05, 0) is 32.1 Å². The Hall–Kier alpha value is -0.570. The minimum atomic E-state index is 0.183. The molecule has 1 amide bonds. The van der Waals surface area contributed by atoms with Crippen molar-refractivity contribution in [3.05, 3.63) is 0 Å². The summed E-state index contributed by atoms with van der Waals surface area (Å²) in [5.74, 6) is 1.05. The Morgan fingerprint density at radius 3 is 2.62 bits per heavy atom. The molecule has 3 nitrogen and oxygen atoms in total. The zero-order valence-corrected chi connectivity index (χ0v) is 10.9. The highest BCUT2D eigenvalue weighted by molar-refractivity contribution is 5.79. The Balaban J connectivity index is 2.52. The summed E-state index contributed by atoms with van der Waals surface area (Å²) in [4.78, 5) is 14.3. The standard InChI is InChI=1S/C13H26N2O/c1-4-15(9-10(2)3)13(16)11-6-5-7-12(14)8-11/h10-12H,4-9,14H2,1-3H3. The van der Waals surface area contributed by atoms with Gasteiger partial charge < -0.3 is 10.6 Å². The van der Waals surface area contributed by atoms with Crippen molar-refractivity contribution >= 4 is 5.91 Å². The van der Waals surface area contributed by atoms with Gasteiger partial charge in [0.05, 0.1) is 0 Å². The number of carbonyl (C=O) groups excluding carboxylic acids is 1. The van der Waals surface area contributed by atoms with E-state index in [0.717, 1.165) is 38.8 Å². The van der Waals surface area contributed by atoms with Gasteiger partial charge in [0.15, 0.2) is 0 Å². The summed E-state index contributed by atoms with van der Waals surface area (Å²) in [7, 11) is 0. The second-order valence-electron chi connectivity index (χ2n) is 5.39. The molecular formula is C13H26N2O. The molecule has 0 bridgehead atoms. The zero-order chi connectivity index (χ0) is 12.1. The normalized spacial score (nSPS) is 25.8. The molecule has 1 saturated carbocycles. The lowest BCUT2D eigenvalue weighted by atomic mass is 9.85. The maximum absolute atomic E-state index is 12.3. The topological polar surface area (TPSA) is 46.3 Å². The molecule has 0 saturated heterocycles. The predicted octanol–water partition coefficient (Wildman–Crippen LogP) is 2.01. The first-order valence-corrected chi connectivity index (χ1v) is 6.59. The van der Waals surface area contributed by atoms with Crippen molar-refractivity contribution in [2.24, 2.45) is 17.6 Å². The van der Waals surface area contributed by atoms with E-state index >= 15 is 0 Å². The molecule has 2 N–H and O–H groups in total. The second kappa shape index (κ2) is 6.24. The lowest BCUT2D eigenvalue weighted by molar-refractivity contribution is -0.137. The molecule has 0 heterocycles. The summed E-state index contributed by atoms with van der Waals surface area (Å²) in [6.45, 7) is 8.07. The van der Waals surface area contributed by atoms with E-state index < -0.39 is 0 Å². The third-order valence-corrected chi connectivity index (χ3v) is 3.34. The summed E-state index contributed by atoms with van der Waals surface area (Å²) >= 11 is 0. The van der Waals surface area contributed by atoms with Crippen molar-refractivity contribution in [1.29, 1.82) is 0 Å². The van der Waals surface area contributed by atoms with Crippen LogP contribution in [-0.2, 0) is 4.79 Å². The van der Waals surface area contributed by atoms with Crippen molar-refractivity contribution in [3.8, 4) is 0 Å². The molecule has 2 unspecified atom stereocenters. The van der Waals surface area contributed by atoms with Gasteiger partial charge in [0.25, 0.3) is 0 Å². The fourth-order valence-electron chi connectivity index (χ4n) is 2.53. The van der Waals surface area contributed by atoms with Crippen LogP contribution in [0, 0.1) is 11.8 Å². The molecule has 0 spiro atoms. The van der Waals surface area contributed by atoms with Gasteiger partial charge in [0.1, 0.15) is 0 Å². The van der Waals surface area contributed by atoms with E-state index in [9.17, 15) is 4.79 Å². The highest BCUT2D eigenvalue weighted by atomic mass is 16.2. The first-order valence-electron chi connectivity index (χ1n) is 6.59. The van der Waals surface area contributed by atoms with Gasteiger partial charge in [-0.1, -0.05) is 20.3 Å². The Morgan fingerprint density at radius 1 is 1.44 bits per heavy atom. The Labute approximate surface area is 99.4 Å². The summed E-state index contributed by atoms with van der Waals surface area (Å²) in [6.07, 6.45) is 4.10. The van der Waals surface area contributed by atoms with Crippen molar-refractivity contribution in [2.45, 2.75) is 52.5 Å². The van der Waals surface area contributed by atoms with Gasteiger partial charge in [-0.3, -0.25) is 4.79 Å². The van der Waals surface area contributed by atoms with Crippen LogP contribution in [0.5, 0.6) is 0 Å². The molecule has 1 fully saturated rings. The van der Waals surface area contributed by atoms with Gasteiger partial charge >= 0.3 is 0 Å². The molecule has 1 aliphatic carbocycles.